The molecule has 1 saturated heterocycles. The van der Waals surface area contributed by atoms with Crippen molar-refractivity contribution in [3.8, 4) is 11.5 Å². The Labute approximate surface area is 152 Å². The van der Waals surface area contributed by atoms with Gasteiger partial charge in [0.15, 0.2) is 12.3 Å². The number of benzene rings is 1. The summed E-state index contributed by atoms with van der Waals surface area (Å²) in [6, 6.07) is 4.88. The van der Waals surface area contributed by atoms with E-state index in [-0.39, 0.29) is 42.4 Å². The minimum absolute atomic E-state index is 0.0362. The molecule has 1 atom stereocenters. The Balaban J connectivity index is 1.53. The van der Waals surface area contributed by atoms with Gasteiger partial charge in [-0.3, -0.25) is 4.79 Å². The summed E-state index contributed by atoms with van der Waals surface area (Å²) in [6.07, 6.45) is -2.78. The fraction of sp³-hybridized carbons (Fsp3) is 0.412. The molecular formula is C17H17F3N2O5. The number of nitrogens with zero attached hydrogens (tertiary/aromatic N) is 2. The van der Waals surface area contributed by atoms with Gasteiger partial charge < -0.3 is 23.9 Å². The Morgan fingerprint density at radius 3 is 2.63 bits per heavy atom. The summed E-state index contributed by atoms with van der Waals surface area (Å²) in [5, 5.41) is 9.14. The van der Waals surface area contributed by atoms with Crippen LogP contribution in [0.1, 0.15) is 22.8 Å². The molecule has 2 heterocycles. The van der Waals surface area contributed by atoms with Crippen LogP contribution in [0.25, 0.3) is 0 Å². The maximum absolute atomic E-state index is 12.3. The topological polar surface area (TPSA) is 85.0 Å². The van der Waals surface area contributed by atoms with Gasteiger partial charge in [-0.25, -0.2) is 4.98 Å². The Bertz CT molecular complexity index is 776. The fourth-order valence-corrected chi connectivity index (χ4v) is 2.69. The highest BCUT2D eigenvalue weighted by Crippen LogP contribution is 2.25. The van der Waals surface area contributed by atoms with Gasteiger partial charge in [0.2, 0.25) is 5.89 Å². The third-order valence-electron chi connectivity index (χ3n) is 4.02. The summed E-state index contributed by atoms with van der Waals surface area (Å²) in [7, 11) is 0. The standard InChI is InChI=1S/C17H17F3N2O5/c18-17(19,20)27-13-3-1-12(2-4-13)25-10-15-21-14(9-26-15)16(24)22-6-5-11(7-22)8-23/h1-4,9,11,23H,5-8,10H2. The van der Waals surface area contributed by atoms with Crippen LogP contribution in [0.3, 0.4) is 0 Å². The first kappa shape index (κ1) is 19.0. The second kappa shape index (κ2) is 7.87. The minimum atomic E-state index is -4.75. The largest absolute Gasteiger partial charge is 0.573 e. The molecule has 0 aliphatic carbocycles. The number of aliphatic hydroxyl groups is 1. The van der Waals surface area contributed by atoms with Crippen molar-refractivity contribution in [2.24, 2.45) is 5.92 Å². The second-order valence-electron chi connectivity index (χ2n) is 6.02. The van der Waals surface area contributed by atoms with Gasteiger partial charge in [0, 0.05) is 25.6 Å². The number of carbonyl (C=O) groups is 1. The maximum Gasteiger partial charge on any atom is 0.573 e. The molecule has 1 aliphatic heterocycles. The van der Waals surface area contributed by atoms with E-state index in [1.807, 2.05) is 0 Å². The quantitative estimate of drug-likeness (QED) is 0.822. The molecule has 0 saturated carbocycles. The average molecular weight is 386 g/mol. The lowest BCUT2D eigenvalue weighted by molar-refractivity contribution is -0.274. The van der Waals surface area contributed by atoms with Crippen molar-refractivity contribution in [1.29, 1.82) is 0 Å². The van der Waals surface area contributed by atoms with Crippen molar-refractivity contribution in [1.82, 2.24) is 9.88 Å². The number of aliphatic hydroxyl groups excluding tert-OH is 1. The van der Waals surface area contributed by atoms with Crippen LogP contribution in [0.15, 0.2) is 34.9 Å². The number of hydrogen-bond donors (Lipinski definition) is 1. The molecule has 3 rings (SSSR count). The highest BCUT2D eigenvalue weighted by molar-refractivity contribution is 5.92. The molecule has 27 heavy (non-hydrogen) atoms. The van der Waals surface area contributed by atoms with Crippen LogP contribution in [0.2, 0.25) is 0 Å². The summed E-state index contributed by atoms with van der Waals surface area (Å²) in [6.45, 7) is 0.968. The summed E-state index contributed by atoms with van der Waals surface area (Å²) in [5.41, 5.74) is 0.140. The Kier molecular flexibility index (Phi) is 5.54. The number of aromatic nitrogens is 1. The highest BCUT2D eigenvalue weighted by Gasteiger charge is 2.31. The summed E-state index contributed by atoms with van der Waals surface area (Å²) < 4.78 is 50.7. The van der Waals surface area contributed by atoms with Gasteiger partial charge in [-0.1, -0.05) is 0 Å². The van der Waals surface area contributed by atoms with Crippen molar-refractivity contribution in [2.75, 3.05) is 19.7 Å². The lowest BCUT2D eigenvalue weighted by Gasteiger charge is -2.13. The number of likely N-dealkylation sites (tertiary alicyclic amines) is 1. The third kappa shape index (κ3) is 5.13. The van der Waals surface area contributed by atoms with Crippen LogP contribution in [0, 0.1) is 5.92 Å². The van der Waals surface area contributed by atoms with E-state index >= 15 is 0 Å². The van der Waals surface area contributed by atoms with E-state index in [0.29, 0.717) is 18.8 Å². The van der Waals surface area contributed by atoms with Crippen LogP contribution >= 0.6 is 0 Å². The lowest BCUT2D eigenvalue weighted by Crippen LogP contribution is -2.29. The second-order valence-corrected chi connectivity index (χ2v) is 6.02. The monoisotopic (exact) mass is 386 g/mol. The van der Waals surface area contributed by atoms with E-state index in [2.05, 4.69) is 9.72 Å². The number of ether oxygens (including phenoxy) is 2. The van der Waals surface area contributed by atoms with Crippen LogP contribution in [-0.2, 0) is 6.61 Å². The first-order chi connectivity index (χ1) is 12.8. The first-order valence-corrected chi connectivity index (χ1v) is 8.17. The molecule has 2 aromatic rings. The number of hydrogen-bond acceptors (Lipinski definition) is 6. The molecule has 1 aromatic carbocycles. The third-order valence-corrected chi connectivity index (χ3v) is 4.02. The molecular weight excluding hydrogens is 369 g/mol. The van der Waals surface area contributed by atoms with Gasteiger partial charge in [0.1, 0.15) is 17.8 Å². The van der Waals surface area contributed by atoms with E-state index in [1.165, 1.54) is 18.4 Å². The van der Waals surface area contributed by atoms with Crippen LogP contribution in [0.5, 0.6) is 11.5 Å². The molecule has 0 spiro atoms. The van der Waals surface area contributed by atoms with Gasteiger partial charge >= 0.3 is 6.36 Å². The van der Waals surface area contributed by atoms with Crippen molar-refractivity contribution < 1.29 is 37.0 Å². The van der Waals surface area contributed by atoms with E-state index in [4.69, 9.17) is 14.3 Å². The van der Waals surface area contributed by atoms with Crippen LogP contribution < -0.4 is 9.47 Å². The van der Waals surface area contributed by atoms with Gasteiger partial charge in [-0.2, -0.15) is 0 Å². The SMILES string of the molecule is O=C(c1coc(COc2ccc(OC(F)(F)F)cc2)n1)N1CCC(CO)C1. The molecule has 0 bridgehead atoms. The number of amides is 1. The van der Waals surface area contributed by atoms with Gasteiger partial charge in [-0.15, -0.1) is 13.2 Å². The number of carbonyl (C=O) groups excluding carboxylic acids is 1. The number of rotatable bonds is 6. The number of alkyl halides is 3. The molecule has 7 nitrogen and oxygen atoms in total. The van der Waals surface area contributed by atoms with Gasteiger partial charge in [-0.05, 0) is 30.7 Å². The maximum atomic E-state index is 12.3. The molecule has 10 heteroatoms. The zero-order chi connectivity index (χ0) is 19.4. The fourth-order valence-electron chi connectivity index (χ4n) is 2.69. The van der Waals surface area contributed by atoms with Crippen LogP contribution in [-0.4, -0.2) is 47.0 Å². The van der Waals surface area contributed by atoms with E-state index < -0.39 is 6.36 Å². The number of halogens is 3. The van der Waals surface area contributed by atoms with Crippen molar-refractivity contribution in [3.05, 3.63) is 42.1 Å². The molecule has 1 aliphatic rings. The summed E-state index contributed by atoms with van der Waals surface area (Å²) >= 11 is 0. The van der Waals surface area contributed by atoms with Gasteiger partial charge in [0.05, 0.1) is 0 Å². The first-order valence-electron chi connectivity index (χ1n) is 8.17. The Morgan fingerprint density at radius 2 is 2.00 bits per heavy atom. The zero-order valence-electron chi connectivity index (χ0n) is 14.1. The summed E-state index contributed by atoms with van der Waals surface area (Å²) in [5.74, 6) is -0.110. The predicted molar refractivity (Wildman–Crippen MR) is 85.1 cm³/mol. The van der Waals surface area contributed by atoms with Gasteiger partial charge in [0.25, 0.3) is 5.91 Å². The van der Waals surface area contributed by atoms with E-state index in [0.717, 1.165) is 18.6 Å². The molecule has 1 unspecified atom stereocenters. The molecule has 1 amide bonds. The number of oxazole rings is 1. The molecule has 1 fully saturated rings. The highest BCUT2D eigenvalue weighted by atomic mass is 19.4. The minimum Gasteiger partial charge on any atom is -0.484 e. The summed E-state index contributed by atoms with van der Waals surface area (Å²) in [4.78, 5) is 18.0. The molecule has 0 radical (unpaired) electrons. The Morgan fingerprint density at radius 1 is 1.30 bits per heavy atom. The lowest BCUT2D eigenvalue weighted by atomic mass is 10.1. The molecule has 146 valence electrons. The Hall–Kier alpha value is -2.75. The molecule has 1 aromatic heterocycles. The van der Waals surface area contributed by atoms with Crippen molar-refractivity contribution in [2.45, 2.75) is 19.4 Å². The van der Waals surface area contributed by atoms with E-state index in [9.17, 15) is 18.0 Å². The van der Waals surface area contributed by atoms with Crippen LogP contribution in [0.4, 0.5) is 13.2 Å². The van der Waals surface area contributed by atoms with E-state index in [1.54, 1.807) is 4.90 Å². The zero-order valence-corrected chi connectivity index (χ0v) is 14.1. The van der Waals surface area contributed by atoms with Crippen molar-refractivity contribution in [3.63, 3.8) is 0 Å². The smallest absolute Gasteiger partial charge is 0.484 e. The normalized spacial score (nSPS) is 17.2. The van der Waals surface area contributed by atoms with Crippen molar-refractivity contribution >= 4 is 5.91 Å². The average Bonchev–Trinajstić information content (AvgIpc) is 3.29. The predicted octanol–water partition coefficient (Wildman–Crippen LogP) is 2.61. The molecule has 1 N–H and O–H groups in total.